The Bertz CT molecular complexity index is 865. The van der Waals surface area contributed by atoms with Gasteiger partial charge >= 0.3 is 6.61 Å². The molecule has 1 heterocycles. The zero-order chi connectivity index (χ0) is 17.1. The number of anilines is 1. The van der Waals surface area contributed by atoms with Crippen molar-refractivity contribution < 1.29 is 23.0 Å². The zero-order valence-corrected chi connectivity index (χ0v) is 13.3. The number of aromatic nitrogens is 1. The largest absolute Gasteiger partial charge is 0.497 e. The Morgan fingerprint density at radius 2 is 1.88 bits per heavy atom. The van der Waals surface area contributed by atoms with Crippen LogP contribution in [0, 0.1) is 0 Å². The second-order valence-electron chi connectivity index (χ2n) is 4.71. The molecule has 3 rings (SSSR count). The highest BCUT2D eigenvalue weighted by molar-refractivity contribution is 7.22. The maximum absolute atomic E-state index is 12.2. The minimum absolute atomic E-state index is 0.00590. The van der Waals surface area contributed by atoms with E-state index in [2.05, 4.69) is 15.0 Å². The lowest BCUT2D eigenvalue weighted by atomic mass is 10.2. The van der Waals surface area contributed by atoms with Crippen molar-refractivity contribution >= 4 is 32.6 Å². The van der Waals surface area contributed by atoms with Crippen molar-refractivity contribution in [1.29, 1.82) is 0 Å². The molecule has 124 valence electrons. The van der Waals surface area contributed by atoms with Crippen LogP contribution in [0.4, 0.5) is 13.9 Å². The highest BCUT2D eigenvalue weighted by Crippen LogP contribution is 2.29. The van der Waals surface area contributed by atoms with Crippen LogP contribution in [0.1, 0.15) is 10.4 Å². The maximum Gasteiger partial charge on any atom is 0.387 e. The predicted molar refractivity (Wildman–Crippen MR) is 87.2 cm³/mol. The molecule has 0 spiro atoms. The quantitative estimate of drug-likeness (QED) is 0.751. The van der Waals surface area contributed by atoms with Crippen molar-refractivity contribution in [1.82, 2.24) is 4.98 Å². The monoisotopic (exact) mass is 350 g/mol. The van der Waals surface area contributed by atoms with Gasteiger partial charge in [0.25, 0.3) is 5.91 Å². The fraction of sp³-hybridized carbons (Fsp3) is 0.125. The van der Waals surface area contributed by atoms with E-state index in [1.54, 1.807) is 19.2 Å². The van der Waals surface area contributed by atoms with Crippen LogP contribution in [0.25, 0.3) is 10.2 Å². The number of alkyl halides is 2. The van der Waals surface area contributed by atoms with Gasteiger partial charge in [-0.15, -0.1) is 0 Å². The van der Waals surface area contributed by atoms with Crippen molar-refractivity contribution in [3.8, 4) is 11.5 Å². The second kappa shape index (κ2) is 6.79. The van der Waals surface area contributed by atoms with Gasteiger partial charge in [-0.2, -0.15) is 8.78 Å². The van der Waals surface area contributed by atoms with Gasteiger partial charge in [-0.3, -0.25) is 10.1 Å². The van der Waals surface area contributed by atoms with Gasteiger partial charge in [0, 0.05) is 5.56 Å². The van der Waals surface area contributed by atoms with Crippen molar-refractivity contribution in [2.45, 2.75) is 6.61 Å². The third kappa shape index (κ3) is 3.60. The number of ether oxygens (including phenoxy) is 2. The molecule has 0 saturated heterocycles. The van der Waals surface area contributed by atoms with Crippen molar-refractivity contribution in [2.75, 3.05) is 12.4 Å². The summed E-state index contributed by atoms with van der Waals surface area (Å²) in [7, 11) is 1.58. The number of rotatable bonds is 5. The number of benzene rings is 2. The Morgan fingerprint density at radius 3 is 2.54 bits per heavy atom. The smallest absolute Gasteiger partial charge is 0.387 e. The summed E-state index contributed by atoms with van der Waals surface area (Å²) in [5, 5.41) is 3.12. The summed E-state index contributed by atoms with van der Waals surface area (Å²) >= 11 is 1.31. The topological polar surface area (TPSA) is 60.5 Å². The number of hydrogen-bond donors (Lipinski definition) is 1. The minimum Gasteiger partial charge on any atom is -0.497 e. The fourth-order valence-electron chi connectivity index (χ4n) is 2.04. The van der Waals surface area contributed by atoms with Crippen LogP contribution in [0.15, 0.2) is 42.5 Å². The number of fused-ring (bicyclic) bond motifs is 1. The normalized spacial score (nSPS) is 10.8. The molecule has 0 atom stereocenters. The summed E-state index contributed by atoms with van der Waals surface area (Å²) < 4.78 is 34.5. The average molecular weight is 350 g/mol. The van der Waals surface area contributed by atoms with Gasteiger partial charge in [0.05, 0.1) is 17.3 Å². The molecule has 1 amide bonds. The molecule has 8 heteroatoms. The van der Waals surface area contributed by atoms with Crippen LogP contribution in [0.5, 0.6) is 11.5 Å². The Hall–Kier alpha value is -2.74. The van der Waals surface area contributed by atoms with Gasteiger partial charge in [-0.05, 0) is 42.5 Å². The summed E-state index contributed by atoms with van der Waals surface area (Å²) in [5.74, 6) is 0.317. The highest BCUT2D eigenvalue weighted by atomic mass is 32.1. The number of nitrogens with one attached hydrogen (secondary N) is 1. The number of nitrogens with zero attached hydrogens (tertiary/aromatic N) is 1. The van der Waals surface area contributed by atoms with Gasteiger partial charge in [-0.25, -0.2) is 4.98 Å². The van der Waals surface area contributed by atoms with E-state index >= 15 is 0 Å². The lowest BCUT2D eigenvalue weighted by Crippen LogP contribution is -2.11. The zero-order valence-electron chi connectivity index (χ0n) is 12.5. The van der Waals surface area contributed by atoms with E-state index in [-0.39, 0.29) is 11.7 Å². The van der Waals surface area contributed by atoms with Crippen LogP contribution in [0.3, 0.4) is 0 Å². The van der Waals surface area contributed by atoms with Gasteiger partial charge < -0.3 is 9.47 Å². The summed E-state index contributed by atoms with van der Waals surface area (Å²) in [4.78, 5) is 16.5. The molecule has 3 aromatic rings. The Kier molecular flexibility index (Phi) is 4.57. The molecule has 0 unspecified atom stereocenters. The standard InChI is InChI=1S/C16H12F2N2O3S/c1-22-11-6-7-12-13(8-11)24-16(19-12)20-14(21)9-2-4-10(5-3-9)23-15(17)18/h2-8,15H,1H3,(H,19,20,21). The van der Waals surface area contributed by atoms with Crippen molar-refractivity contribution in [3.63, 3.8) is 0 Å². The highest BCUT2D eigenvalue weighted by Gasteiger charge is 2.11. The molecular weight excluding hydrogens is 338 g/mol. The van der Waals surface area contributed by atoms with Crippen molar-refractivity contribution in [3.05, 3.63) is 48.0 Å². The lowest BCUT2D eigenvalue weighted by Gasteiger charge is -2.05. The third-order valence-corrected chi connectivity index (χ3v) is 4.09. The van der Waals surface area contributed by atoms with Crippen LogP contribution in [0.2, 0.25) is 0 Å². The van der Waals surface area contributed by atoms with Gasteiger partial charge in [0.15, 0.2) is 5.13 Å². The molecule has 0 bridgehead atoms. The molecule has 5 nitrogen and oxygen atoms in total. The first-order valence-electron chi connectivity index (χ1n) is 6.86. The maximum atomic E-state index is 12.2. The number of halogens is 2. The van der Waals surface area contributed by atoms with E-state index in [9.17, 15) is 13.6 Å². The third-order valence-electron chi connectivity index (χ3n) is 3.16. The molecule has 0 aliphatic heterocycles. The molecule has 0 aliphatic carbocycles. The number of amides is 1. The fourth-order valence-corrected chi connectivity index (χ4v) is 2.93. The molecule has 2 aromatic carbocycles. The molecule has 24 heavy (non-hydrogen) atoms. The number of methoxy groups -OCH3 is 1. The summed E-state index contributed by atoms with van der Waals surface area (Å²) in [6.07, 6.45) is 0. The minimum atomic E-state index is -2.90. The molecule has 1 aromatic heterocycles. The number of carbonyl (C=O) groups excluding carboxylic acids is 1. The number of hydrogen-bond acceptors (Lipinski definition) is 5. The van der Waals surface area contributed by atoms with Crippen LogP contribution in [-0.2, 0) is 0 Å². The van der Waals surface area contributed by atoms with E-state index in [1.165, 1.54) is 35.6 Å². The van der Waals surface area contributed by atoms with E-state index in [0.717, 1.165) is 10.2 Å². The second-order valence-corrected chi connectivity index (χ2v) is 5.74. The van der Waals surface area contributed by atoms with Crippen molar-refractivity contribution in [2.24, 2.45) is 0 Å². The summed E-state index contributed by atoms with van der Waals surface area (Å²) in [6.45, 7) is -2.90. The Morgan fingerprint density at radius 1 is 1.17 bits per heavy atom. The molecular formula is C16H12F2N2O3S. The first-order chi connectivity index (χ1) is 11.5. The van der Waals surface area contributed by atoms with E-state index in [0.29, 0.717) is 16.4 Å². The van der Waals surface area contributed by atoms with Crippen LogP contribution >= 0.6 is 11.3 Å². The number of thiazole rings is 1. The molecule has 0 aliphatic rings. The Balaban J connectivity index is 1.74. The molecule has 0 radical (unpaired) electrons. The predicted octanol–water partition coefficient (Wildman–Crippen LogP) is 4.16. The first-order valence-corrected chi connectivity index (χ1v) is 7.67. The van der Waals surface area contributed by atoms with Crippen LogP contribution < -0.4 is 14.8 Å². The van der Waals surface area contributed by atoms with E-state index < -0.39 is 6.61 Å². The molecule has 1 N–H and O–H groups in total. The average Bonchev–Trinajstić information content (AvgIpc) is 2.96. The van der Waals surface area contributed by atoms with Gasteiger partial charge in [0.1, 0.15) is 11.5 Å². The van der Waals surface area contributed by atoms with E-state index in [4.69, 9.17) is 4.74 Å². The molecule has 0 saturated carbocycles. The molecule has 0 fully saturated rings. The lowest BCUT2D eigenvalue weighted by molar-refractivity contribution is -0.0498. The number of carbonyl (C=O) groups is 1. The SMILES string of the molecule is COc1ccc2nc(NC(=O)c3ccc(OC(F)F)cc3)sc2c1. The first kappa shape index (κ1) is 16.1. The van der Waals surface area contributed by atoms with Gasteiger partial charge in [-0.1, -0.05) is 11.3 Å². The Labute approximate surface area is 139 Å². The van der Waals surface area contributed by atoms with Gasteiger partial charge in [0.2, 0.25) is 0 Å². The summed E-state index contributed by atoms with van der Waals surface area (Å²) in [6, 6.07) is 10.9. The summed E-state index contributed by atoms with van der Waals surface area (Å²) in [5.41, 5.74) is 1.06. The van der Waals surface area contributed by atoms with E-state index in [1.807, 2.05) is 6.07 Å². The van der Waals surface area contributed by atoms with Crippen LogP contribution in [-0.4, -0.2) is 24.6 Å².